The molecule has 0 spiro atoms. The summed E-state index contributed by atoms with van der Waals surface area (Å²) in [5.41, 5.74) is 0.592. The fraction of sp³-hybridized carbons (Fsp3) is 0.400. The smallest absolute Gasteiger partial charge is 0.328 e. The Hall–Kier alpha value is -2.17. The predicted octanol–water partition coefficient (Wildman–Crippen LogP) is 2.24. The molecule has 1 heterocycles. The summed E-state index contributed by atoms with van der Waals surface area (Å²) in [6.45, 7) is 2.04. The van der Waals surface area contributed by atoms with Crippen LogP contribution in [0.5, 0.6) is 0 Å². The van der Waals surface area contributed by atoms with E-state index in [4.69, 9.17) is 5.11 Å². The number of carboxylic acid groups (broad SMARTS) is 1. The third-order valence-electron chi connectivity index (χ3n) is 3.58. The largest absolute Gasteiger partial charge is 0.478 e. The first-order valence-electron chi connectivity index (χ1n) is 6.69. The number of rotatable bonds is 4. The number of hydrogen-bond acceptors (Lipinski definition) is 3. The highest BCUT2D eigenvalue weighted by atomic mass is 16.4. The fourth-order valence-electron chi connectivity index (χ4n) is 2.52. The van der Waals surface area contributed by atoms with Crippen molar-refractivity contribution in [3.05, 3.63) is 35.7 Å². The van der Waals surface area contributed by atoms with Gasteiger partial charge in [0.05, 0.1) is 0 Å². The molecule has 0 bridgehead atoms. The van der Waals surface area contributed by atoms with Crippen molar-refractivity contribution in [2.24, 2.45) is 0 Å². The van der Waals surface area contributed by atoms with Crippen molar-refractivity contribution < 1.29 is 14.7 Å². The Morgan fingerprint density at radius 2 is 2.10 bits per heavy atom. The fourth-order valence-corrected chi connectivity index (χ4v) is 2.52. The number of aliphatic carboxylic acids is 1. The van der Waals surface area contributed by atoms with E-state index >= 15 is 0 Å². The Bertz CT molecular complexity index is 546. The summed E-state index contributed by atoms with van der Waals surface area (Å²) < 4.78 is 0. The highest BCUT2D eigenvalue weighted by Gasteiger charge is 2.31. The number of carbonyl (C=O) groups is 2. The lowest BCUT2D eigenvalue weighted by atomic mass is 10.00. The molecule has 1 aliphatic rings. The Balaban J connectivity index is 2.19. The van der Waals surface area contributed by atoms with Crippen LogP contribution in [0.3, 0.4) is 0 Å². The van der Waals surface area contributed by atoms with Gasteiger partial charge in [0.25, 0.3) is 5.91 Å². The summed E-state index contributed by atoms with van der Waals surface area (Å²) in [6, 6.07) is 3.36. The van der Waals surface area contributed by atoms with Gasteiger partial charge in [-0.2, -0.15) is 0 Å². The molecule has 0 aliphatic heterocycles. The summed E-state index contributed by atoms with van der Waals surface area (Å²) in [7, 11) is 0. The third kappa shape index (κ3) is 3.44. The van der Waals surface area contributed by atoms with Crippen LogP contribution < -0.4 is 5.32 Å². The molecule has 5 nitrogen and oxygen atoms in total. The van der Waals surface area contributed by atoms with Crippen LogP contribution in [0.25, 0.3) is 6.08 Å². The highest BCUT2D eigenvalue weighted by molar-refractivity contribution is 5.97. The zero-order valence-electron chi connectivity index (χ0n) is 11.4. The molecule has 5 heteroatoms. The monoisotopic (exact) mass is 274 g/mol. The Morgan fingerprint density at radius 1 is 1.40 bits per heavy atom. The van der Waals surface area contributed by atoms with E-state index < -0.39 is 5.97 Å². The van der Waals surface area contributed by atoms with Gasteiger partial charge in [-0.25, -0.2) is 4.79 Å². The van der Waals surface area contributed by atoms with Crippen LogP contribution in [0, 0.1) is 0 Å². The maximum atomic E-state index is 12.3. The predicted molar refractivity (Wildman–Crippen MR) is 75.2 cm³/mol. The van der Waals surface area contributed by atoms with Gasteiger partial charge in [0.1, 0.15) is 5.69 Å². The van der Waals surface area contributed by atoms with Crippen molar-refractivity contribution in [3.63, 3.8) is 0 Å². The molecule has 106 valence electrons. The summed E-state index contributed by atoms with van der Waals surface area (Å²) >= 11 is 0. The van der Waals surface area contributed by atoms with E-state index in [0.29, 0.717) is 5.56 Å². The van der Waals surface area contributed by atoms with Crippen LogP contribution in [-0.2, 0) is 4.79 Å². The molecular weight excluding hydrogens is 256 g/mol. The van der Waals surface area contributed by atoms with Gasteiger partial charge in [0.2, 0.25) is 0 Å². The van der Waals surface area contributed by atoms with Crippen LogP contribution in [0.2, 0.25) is 0 Å². The van der Waals surface area contributed by atoms with Crippen LogP contribution in [-0.4, -0.2) is 27.5 Å². The molecule has 1 fully saturated rings. The second kappa shape index (κ2) is 5.86. The van der Waals surface area contributed by atoms with Gasteiger partial charge in [-0.1, -0.05) is 18.9 Å². The van der Waals surface area contributed by atoms with E-state index in [0.717, 1.165) is 31.8 Å². The van der Waals surface area contributed by atoms with Crippen molar-refractivity contribution in [2.75, 3.05) is 0 Å². The summed E-state index contributed by atoms with van der Waals surface area (Å²) in [4.78, 5) is 27.0. The van der Waals surface area contributed by atoms with Gasteiger partial charge < -0.3 is 10.4 Å². The second-order valence-corrected chi connectivity index (χ2v) is 5.33. The maximum absolute atomic E-state index is 12.3. The first kappa shape index (κ1) is 14.2. The zero-order valence-corrected chi connectivity index (χ0v) is 11.4. The molecule has 2 rings (SSSR count). The summed E-state index contributed by atoms with van der Waals surface area (Å²) in [5, 5.41) is 11.7. The molecule has 2 N–H and O–H groups in total. The molecule has 1 saturated carbocycles. The standard InChI is InChI=1S/C15H18N2O3/c1-15(8-2-3-9-15)17-14(20)13-11(5-4-10-16-13)6-7-12(18)19/h4-7,10H,2-3,8-9H2,1H3,(H,17,20)(H,18,19)/b7-6+. The van der Waals surface area contributed by atoms with E-state index in [-0.39, 0.29) is 17.1 Å². The van der Waals surface area contributed by atoms with Gasteiger partial charge in [-0.15, -0.1) is 0 Å². The molecule has 1 amide bonds. The van der Waals surface area contributed by atoms with E-state index in [1.807, 2.05) is 6.92 Å². The Morgan fingerprint density at radius 3 is 2.75 bits per heavy atom. The topological polar surface area (TPSA) is 79.3 Å². The van der Waals surface area contributed by atoms with Crippen molar-refractivity contribution in [1.29, 1.82) is 0 Å². The molecular formula is C15H18N2O3. The maximum Gasteiger partial charge on any atom is 0.328 e. The van der Waals surface area contributed by atoms with Crippen LogP contribution in [0.15, 0.2) is 24.4 Å². The van der Waals surface area contributed by atoms with Crippen molar-refractivity contribution in [2.45, 2.75) is 38.1 Å². The van der Waals surface area contributed by atoms with Gasteiger partial charge in [-0.05, 0) is 31.9 Å². The summed E-state index contributed by atoms with van der Waals surface area (Å²) in [5.74, 6) is -1.30. The second-order valence-electron chi connectivity index (χ2n) is 5.33. The number of pyridine rings is 1. The zero-order chi connectivity index (χ0) is 14.6. The third-order valence-corrected chi connectivity index (χ3v) is 3.58. The minimum atomic E-state index is -1.05. The highest BCUT2D eigenvalue weighted by Crippen LogP contribution is 2.29. The molecule has 20 heavy (non-hydrogen) atoms. The average Bonchev–Trinajstić information content (AvgIpc) is 2.83. The lowest BCUT2D eigenvalue weighted by Crippen LogP contribution is -2.44. The van der Waals surface area contributed by atoms with Crippen LogP contribution in [0.1, 0.15) is 48.7 Å². The quantitative estimate of drug-likeness (QED) is 0.825. The molecule has 0 aromatic carbocycles. The average molecular weight is 274 g/mol. The molecule has 0 saturated heterocycles. The molecule has 0 unspecified atom stereocenters. The van der Waals surface area contributed by atoms with Crippen LogP contribution >= 0.6 is 0 Å². The first-order valence-corrected chi connectivity index (χ1v) is 6.69. The molecule has 0 radical (unpaired) electrons. The molecule has 1 aliphatic carbocycles. The normalized spacial score (nSPS) is 17.2. The van der Waals surface area contributed by atoms with Crippen molar-refractivity contribution >= 4 is 18.0 Å². The minimum Gasteiger partial charge on any atom is -0.478 e. The van der Waals surface area contributed by atoms with Gasteiger partial charge >= 0.3 is 5.97 Å². The lowest BCUT2D eigenvalue weighted by Gasteiger charge is -2.25. The summed E-state index contributed by atoms with van der Waals surface area (Å²) in [6.07, 6.45) is 8.09. The van der Waals surface area contributed by atoms with E-state index in [9.17, 15) is 9.59 Å². The Kier molecular flexibility index (Phi) is 4.17. The van der Waals surface area contributed by atoms with Crippen molar-refractivity contribution in [1.82, 2.24) is 10.3 Å². The molecule has 1 aromatic rings. The number of amides is 1. The van der Waals surface area contributed by atoms with Crippen LogP contribution in [0.4, 0.5) is 0 Å². The SMILES string of the molecule is CC1(NC(=O)c2ncccc2/C=C/C(=O)O)CCCC1. The van der Waals surface area contributed by atoms with E-state index in [1.54, 1.807) is 12.1 Å². The minimum absolute atomic E-state index is 0.178. The van der Waals surface area contributed by atoms with Gasteiger partial charge in [0.15, 0.2) is 0 Å². The van der Waals surface area contributed by atoms with E-state index in [2.05, 4.69) is 10.3 Å². The first-order chi connectivity index (χ1) is 9.50. The number of nitrogens with zero attached hydrogens (tertiary/aromatic N) is 1. The number of nitrogens with one attached hydrogen (secondary N) is 1. The number of aromatic nitrogens is 1. The van der Waals surface area contributed by atoms with Crippen molar-refractivity contribution in [3.8, 4) is 0 Å². The number of hydrogen-bond donors (Lipinski definition) is 2. The lowest BCUT2D eigenvalue weighted by molar-refractivity contribution is -0.131. The van der Waals surface area contributed by atoms with Gasteiger partial charge in [-0.3, -0.25) is 9.78 Å². The van der Waals surface area contributed by atoms with E-state index in [1.165, 1.54) is 12.3 Å². The number of carboxylic acids is 1. The van der Waals surface area contributed by atoms with Gasteiger partial charge in [0, 0.05) is 23.4 Å². The number of carbonyl (C=O) groups excluding carboxylic acids is 1. The Labute approximate surface area is 117 Å². The molecule has 1 aromatic heterocycles. The molecule has 0 atom stereocenters.